The predicted octanol–water partition coefficient (Wildman–Crippen LogP) is -1.06. The van der Waals surface area contributed by atoms with Gasteiger partial charge >= 0.3 is 21.7 Å². The Bertz CT molecular complexity index is 727. The van der Waals surface area contributed by atoms with Gasteiger partial charge in [0.2, 0.25) is 0 Å². The third-order valence-corrected chi connectivity index (χ3v) is 13.8. The van der Waals surface area contributed by atoms with Gasteiger partial charge in [0.15, 0.2) is 0 Å². The minimum atomic E-state index is -1.84. The average Bonchev–Trinajstić information content (AvgIpc) is 2.91. The smallest absolute Gasteiger partial charge is 1.00 e. The van der Waals surface area contributed by atoms with Gasteiger partial charge in [-0.1, -0.05) is 115 Å². The Morgan fingerprint density at radius 2 is 1.22 bits per heavy atom. The summed E-state index contributed by atoms with van der Waals surface area (Å²) in [6.07, 6.45) is 11.6. The second-order valence-corrected chi connectivity index (χ2v) is 13.9. The van der Waals surface area contributed by atoms with Crippen molar-refractivity contribution in [1.82, 2.24) is 0 Å². The van der Waals surface area contributed by atoms with Gasteiger partial charge in [0.05, 0.1) is 8.07 Å². The molecule has 0 spiro atoms. The minimum Gasteiger partial charge on any atom is -1.00 e. The Hall–Kier alpha value is 0.501. The Balaban J connectivity index is -0.00000210. The molecule has 1 aromatic rings. The summed E-state index contributed by atoms with van der Waals surface area (Å²) in [7, 11) is -1.84. The number of allylic oxidation sites excluding steroid dienone is 4. The van der Waals surface area contributed by atoms with E-state index in [2.05, 4.69) is 79.7 Å². The van der Waals surface area contributed by atoms with E-state index in [1.807, 2.05) is 0 Å². The zero-order valence-corrected chi connectivity index (χ0v) is 26.4. The van der Waals surface area contributed by atoms with Crippen molar-refractivity contribution in [1.29, 1.82) is 0 Å². The Morgan fingerprint density at radius 1 is 0.781 bits per heavy atom. The molecular weight excluding hydrogens is 507 g/mol. The molecule has 1 unspecified atom stereocenters. The van der Waals surface area contributed by atoms with E-state index >= 15 is 0 Å². The minimum absolute atomic E-state index is 0. The molecular formula is C27H43Cl3SiTi. The Kier molecular flexibility index (Phi) is 18.8. The molecule has 0 saturated heterocycles. The largest absolute Gasteiger partial charge is 4.00 e. The number of aryl methyl sites for hydroxylation is 2. The summed E-state index contributed by atoms with van der Waals surface area (Å²) >= 11 is 0. The van der Waals surface area contributed by atoms with Crippen molar-refractivity contribution in [2.45, 2.75) is 111 Å². The zero-order chi connectivity index (χ0) is 20.9. The number of rotatable bonds is 10. The van der Waals surface area contributed by atoms with Crippen molar-refractivity contribution in [2.75, 3.05) is 0 Å². The number of hydrogen-bond donors (Lipinski definition) is 0. The van der Waals surface area contributed by atoms with E-state index in [1.165, 1.54) is 60.0 Å². The average molecular weight is 550 g/mol. The first-order valence-corrected chi connectivity index (χ1v) is 14.1. The summed E-state index contributed by atoms with van der Waals surface area (Å²) in [5, 5.41) is 1.84. The second kappa shape index (κ2) is 16.2. The maximum atomic E-state index is 4.07. The Morgan fingerprint density at radius 3 is 1.53 bits per heavy atom. The summed E-state index contributed by atoms with van der Waals surface area (Å²) < 4.78 is 0. The third-order valence-electron chi connectivity index (χ3n) is 7.61. The number of hydrogen-bond acceptors (Lipinski definition) is 0. The van der Waals surface area contributed by atoms with Crippen molar-refractivity contribution in [3.05, 3.63) is 52.1 Å². The van der Waals surface area contributed by atoms with Crippen molar-refractivity contribution >= 4 is 13.3 Å². The molecule has 0 aromatic heterocycles. The van der Waals surface area contributed by atoms with Gasteiger partial charge in [-0.25, -0.2) is 5.57 Å². The molecule has 1 atom stereocenters. The van der Waals surface area contributed by atoms with Crippen LogP contribution in [0, 0.1) is 6.08 Å². The van der Waals surface area contributed by atoms with E-state index in [4.69, 9.17) is 0 Å². The van der Waals surface area contributed by atoms with E-state index in [0.717, 1.165) is 12.8 Å². The van der Waals surface area contributed by atoms with E-state index in [0.29, 0.717) is 0 Å². The fourth-order valence-corrected chi connectivity index (χ4v) is 11.9. The molecule has 1 aliphatic carbocycles. The van der Waals surface area contributed by atoms with E-state index in [-0.39, 0.29) is 64.0 Å². The van der Waals surface area contributed by atoms with Gasteiger partial charge in [-0.15, -0.1) is 6.92 Å². The molecule has 1 aliphatic rings. The monoisotopic (exact) mass is 548 g/mol. The molecule has 5 heteroatoms. The maximum Gasteiger partial charge on any atom is 4.00 e. The summed E-state index contributed by atoms with van der Waals surface area (Å²) in [6.45, 7) is 18.9. The van der Waals surface area contributed by atoms with Gasteiger partial charge in [-0.3, -0.25) is 6.08 Å². The van der Waals surface area contributed by atoms with Crippen molar-refractivity contribution < 1.29 is 58.9 Å². The van der Waals surface area contributed by atoms with Gasteiger partial charge in [0, 0.05) is 0 Å². The van der Waals surface area contributed by atoms with Crippen molar-refractivity contribution in [3.63, 3.8) is 0 Å². The molecule has 0 N–H and O–H groups in total. The molecule has 0 radical (unpaired) electrons. The fourth-order valence-electron chi connectivity index (χ4n) is 5.30. The SMILES string of the molecule is CCCC[Si](CCCC)(c1cc(CC)cc(CC)c1)C1(C)[C-]=C(C)C(C)=C1C.[Cl-].[Cl-].[Cl-].[Ti+4]. The van der Waals surface area contributed by atoms with Crippen LogP contribution < -0.4 is 42.4 Å². The predicted molar refractivity (Wildman–Crippen MR) is 129 cm³/mol. The van der Waals surface area contributed by atoms with Crippen LogP contribution in [-0.2, 0) is 34.6 Å². The van der Waals surface area contributed by atoms with Crippen LogP contribution >= 0.6 is 0 Å². The topological polar surface area (TPSA) is 0 Å². The van der Waals surface area contributed by atoms with Crippen LogP contribution in [-0.4, -0.2) is 8.07 Å². The zero-order valence-electron chi connectivity index (χ0n) is 21.5. The van der Waals surface area contributed by atoms with Crippen LogP contribution in [0.3, 0.4) is 0 Å². The van der Waals surface area contributed by atoms with Gasteiger partial charge < -0.3 is 37.2 Å². The van der Waals surface area contributed by atoms with Crippen LogP contribution in [0.2, 0.25) is 17.1 Å². The molecule has 32 heavy (non-hydrogen) atoms. The number of benzene rings is 1. The number of unbranched alkanes of at least 4 members (excludes halogenated alkanes) is 2. The molecule has 0 saturated carbocycles. The van der Waals surface area contributed by atoms with Crippen molar-refractivity contribution in [3.8, 4) is 0 Å². The summed E-state index contributed by atoms with van der Waals surface area (Å²) in [6, 6.07) is 10.4. The van der Waals surface area contributed by atoms with E-state index in [1.54, 1.807) is 10.8 Å². The fraction of sp³-hybridized carbons (Fsp3) is 0.630. The van der Waals surface area contributed by atoms with E-state index < -0.39 is 8.07 Å². The van der Waals surface area contributed by atoms with Crippen LogP contribution in [0.4, 0.5) is 0 Å². The van der Waals surface area contributed by atoms with Gasteiger partial charge in [-0.05, 0) is 24.0 Å². The molecule has 0 bridgehead atoms. The molecule has 1 aromatic carbocycles. The Labute approximate surface area is 234 Å². The summed E-state index contributed by atoms with van der Waals surface area (Å²) in [5.74, 6) is 0. The van der Waals surface area contributed by atoms with Crippen LogP contribution in [0.15, 0.2) is 34.9 Å². The molecule has 0 amide bonds. The summed E-state index contributed by atoms with van der Waals surface area (Å²) in [5.41, 5.74) is 7.55. The van der Waals surface area contributed by atoms with Gasteiger partial charge in [-0.2, -0.15) is 11.1 Å². The van der Waals surface area contributed by atoms with Crippen LogP contribution in [0.1, 0.15) is 92.2 Å². The molecule has 0 heterocycles. The summed E-state index contributed by atoms with van der Waals surface area (Å²) in [4.78, 5) is 0. The van der Waals surface area contributed by atoms with Crippen LogP contribution in [0.5, 0.6) is 0 Å². The molecule has 0 aliphatic heterocycles. The second-order valence-electron chi connectivity index (χ2n) is 9.16. The molecule has 2 rings (SSSR count). The maximum absolute atomic E-state index is 4.07. The van der Waals surface area contributed by atoms with Crippen LogP contribution in [0.25, 0.3) is 0 Å². The van der Waals surface area contributed by atoms with Gasteiger partial charge in [0.25, 0.3) is 0 Å². The molecule has 0 nitrogen and oxygen atoms in total. The normalized spacial score (nSPS) is 17.6. The van der Waals surface area contributed by atoms with E-state index in [9.17, 15) is 0 Å². The van der Waals surface area contributed by atoms with Crippen molar-refractivity contribution in [2.24, 2.45) is 0 Å². The first-order valence-electron chi connectivity index (χ1n) is 11.7. The number of halogens is 3. The molecule has 180 valence electrons. The first kappa shape index (κ1) is 37.1. The van der Waals surface area contributed by atoms with Gasteiger partial charge in [0.1, 0.15) is 0 Å². The third kappa shape index (κ3) is 7.25. The first-order chi connectivity index (χ1) is 13.3. The quantitative estimate of drug-likeness (QED) is 0.258. The standard InChI is InChI=1S/C27H43Si.3ClH.Ti/c1-9-13-15-28(16-14-10-2,27(8)20-21(5)22(6)23(27)7)26-18-24(11-3)17-25(12-4)19-26;;;;/h17-19H,9-16H2,1-8H3;3*1H;/q-1;;;;+4/p-3. The molecule has 0 fully saturated rings.